The van der Waals surface area contributed by atoms with Crippen molar-refractivity contribution < 1.29 is 19.0 Å². The van der Waals surface area contributed by atoms with Crippen LogP contribution >= 0.6 is 22.9 Å². The first-order valence-electron chi connectivity index (χ1n) is 10.2. The fourth-order valence-corrected chi connectivity index (χ4v) is 4.80. The highest BCUT2D eigenvalue weighted by molar-refractivity contribution is 7.22. The molecule has 1 aromatic heterocycles. The number of carbonyl (C=O) groups is 1. The van der Waals surface area contributed by atoms with Gasteiger partial charge in [0.25, 0.3) is 0 Å². The maximum absolute atomic E-state index is 13.7. The summed E-state index contributed by atoms with van der Waals surface area (Å²) in [6.07, 6.45) is 0.0958. The van der Waals surface area contributed by atoms with Gasteiger partial charge in [-0.15, -0.1) is 0 Å². The van der Waals surface area contributed by atoms with Crippen LogP contribution in [0.1, 0.15) is 11.1 Å². The maximum Gasteiger partial charge on any atom is 0.237 e. The number of carbonyl (C=O) groups excluding carboxylic acids is 1. The first-order chi connectivity index (χ1) is 16.0. The predicted octanol–water partition coefficient (Wildman–Crippen LogP) is 6.19. The second-order valence-corrected chi connectivity index (χ2v) is 8.70. The van der Waals surface area contributed by atoms with Gasteiger partial charge in [-0.3, -0.25) is 9.69 Å². The number of aromatic nitrogens is 1. The van der Waals surface area contributed by atoms with Crippen LogP contribution in [0.5, 0.6) is 17.2 Å². The average molecular weight is 483 g/mol. The Bertz CT molecular complexity index is 1260. The van der Waals surface area contributed by atoms with Crippen molar-refractivity contribution in [3.05, 3.63) is 70.7 Å². The molecule has 1 heterocycles. The quantitative estimate of drug-likeness (QED) is 0.314. The molecule has 0 fully saturated rings. The van der Waals surface area contributed by atoms with E-state index in [1.54, 1.807) is 44.4 Å². The number of hydrogen-bond acceptors (Lipinski definition) is 6. The van der Waals surface area contributed by atoms with Gasteiger partial charge in [0.15, 0.2) is 16.6 Å². The molecule has 0 bridgehead atoms. The summed E-state index contributed by atoms with van der Waals surface area (Å²) in [6.45, 7) is 1.89. The minimum Gasteiger partial charge on any atom is -0.493 e. The molecular weight excluding hydrogens is 460 g/mol. The van der Waals surface area contributed by atoms with E-state index in [0.717, 1.165) is 21.3 Å². The summed E-state index contributed by atoms with van der Waals surface area (Å²) in [5.74, 6) is 1.30. The summed E-state index contributed by atoms with van der Waals surface area (Å²) in [7, 11) is 4.64. The van der Waals surface area contributed by atoms with Crippen molar-refractivity contribution in [3.8, 4) is 17.2 Å². The van der Waals surface area contributed by atoms with E-state index in [1.807, 2.05) is 43.3 Å². The zero-order valence-electron chi connectivity index (χ0n) is 18.7. The number of rotatable bonds is 7. The lowest BCUT2D eigenvalue weighted by atomic mass is 10.1. The molecule has 3 aromatic carbocycles. The van der Waals surface area contributed by atoms with Crippen LogP contribution in [0.2, 0.25) is 5.02 Å². The highest BCUT2D eigenvalue weighted by Gasteiger charge is 2.25. The van der Waals surface area contributed by atoms with E-state index in [1.165, 1.54) is 11.3 Å². The Hall–Kier alpha value is -3.29. The number of anilines is 2. The van der Waals surface area contributed by atoms with Crippen LogP contribution in [0.25, 0.3) is 10.2 Å². The van der Waals surface area contributed by atoms with Crippen LogP contribution < -0.4 is 19.1 Å². The zero-order chi connectivity index (χ0) is 23.5. The number of benzene rings is 3. The van der Waals surface area contributed by atoms with Crippen LogP contribution in [0.15, 0.2) is 54.6 Å². The molecule has 0 aliphatic carbocycles. The first-order valence-corrected chi connectivity index (χ1v) is 11.4. The Morgan fingerprint density at radius 1 is 1.00 bits per heavy atom. The van der Waals surface area contributed by atoms with Crippen LogP contribution in [0.3, 0.4) is 0 Å². The molecule has 170 valence electrons. The number of nitrogens with zero attached hydrogens (tertiary/aromatic N) is 2. The lowest BCUT2D eigenvalue weighted by Crippen LogP contribution is -2.28. The van der Waals surface area contributed by atoms with Crippen molar-refractivity contribution in [2.45, 2.75) is 13.3 Å². The van der Waals surface area contributed by atoms with Crippen LogP contribution in [-0.2, 0) is 11.2 Å². The number of fused-ring (bicyclic) bond motifs is 1. The number of amides is 1. The van der Waals surface area contributed by atoms with Gasteiger partial charge in [-0.2, -0.15) is 0 Å². The summed E-state index contributed by atoms with van der Waals surface area (Å²) in [5, 5.41) is 1.17. The monoisotopic (exact) mass is 482 g/mol. The van der Waals surface area contributed by atoms with Gasteiger partial charge in [-0.25, -0.2) is 4.98 Å². The highest BCUT2D eigenvalue weighted by atomic mass is 35.5. The van der Waals surface area contributed by atoms with Crippen molar-refractivity contribution in [2.24, 2.45) is 0 Å². The Morgan fingerprint density at radius 3 is 2.33 bits per heavy atom. The SMILES string of the molecule is COc1cc(CC(=O)N(c2nc3ccccc3s2)c2cccc(Cl)c2C)cc(OC)c1OC. The van der Waals surface area contributed by atoms with Crippen molar-refractivity contribution in [1.82, 2.24) is 4.98 Å². The molecule has 4 rings (SSSR count). The molecule has 0 saturated heterocycles. The van der Waals surface area contributed by atoms with Crippen molar-refractivity contribution in [2.75, 3.05) is 26.2 Å². The van der Waals surface area contributed by atoms with Gasteiger partial charge >= 0.3 is 0 Å². The summed E-state index contributed by atoms with van der Waals surface area (Å²) in [4.78, 5) is 20.1. The minimum atomic E-state index is -0.159. The Morgan fingerprint density at radius 2 is 1.70 bits per heavy atom. The molecule has 8 heteroatoms. The summed E-state index contributed by atoms with van der Waals surface area (Å²) in [5.41, 5.74) is 3.05. The second kappa shape index (κ2) is 9.68. The van der Waals surface area contributed by atoms with E-state index >= 15 is 0 Å². The number of para-hydroxylation sites is 1. The highest BCUT2D eigenvalue weighted by Crippen LogP contribution is 2.40. The molecule has 33 heavy (non-hydrogen) atoms. The Labute approximate surface area is 201 Å². The van der Waals surface area contributed by atoms with Crippen molar-refractivity contribution in [3.63, 3.8) is 0 Å². The standard InChI is InChI=1S/C25H23ClN2O4S/c1-15-17(26)8-7-10-19(15)28(25-27-18-9-5-6-11-22(18)33-25)23(29)14-16-12-20(30-2)24(32-4)21(13-16)31-3/h5-13H,14H2,1-4H3. The molecule has 0 aliphatic rings. The van der Waals surface area contributed by atoms with Crippen LogP contribution in [0.4, 0.5) is 10.8 Å². The lowest BCUT2D eigenvalue weighted by Gasteiger charge is -2.23. The number of hydrogen-bond donors (Lipinski definition) is 0. The van der Waals surface area contributed by atoms with E-state index in [2.05, 4.69) is 0 Å². The fourth-order valence-electron chi connectivity index (χ4n) is 3.63. The van der Waals surface area contributed by atoms with Gasteiger partial charge in [0.2, 0.25) is 11.7 Å². The first kappa shape index (κ1) is 22.9. The number of ether oxygens (including phenoxy) is 3. The number of methoxy groups -OCH3 is 3. The molecule has 0 unspecified atom stereocenters. The topological polar surface area (TPSA) is 60.9 Å². The predicted molar refractivity (Wildman–Crippen MR) is 133 cm³/mol. The van der Waals surface area contributed by atoms with Gasteiger partial charge in [0.1, 0.15) is 0 Å². The van der Waals surface area contributed by atoms with Crippen LogP contribution in [-0.4, -0.2) is 32.2 Å². The third-order valence-electron chi connectivity index (χ3n) is 5.28. The lowest BCUT2D eigenvalue weighted by molar-refractivity contribution is -0.117. The van der Waals surface area contributed by atoms with Crippen molar-refractivity contribution in [1.29, 1.82) is 0 Å². The smallest absolute Gasteiger partial charge is 0.237 e. The Kier molecular flexibility index (Phi) is 6.72. The average Bonchev–Trinajstić information content (AvgIpc) is 3.24. The van der Waals surface area contributed by atoms with Crippen LogP contribution in [0, 0.1) is 6.92 Å². The molecule has 0 radical (unpaired) electrons. The number of thiazole rings is 1. The zero-order valence-corrected chi connectivity index (χ0v) is 20.3. The molecule has 0 N–H and O–H groups in total. The van der Waals surface area contributed by atoms with Gasteiger partial charge in [0.05, 0.1) is 43.7 Å². The van der Waals surface area contributed by atoms with E-state index in [4.69, 9.17) is 30.8 Å². The van der Waals surface area contributed by atoms with Crippen molar-refractivity contribution >= 4 is 49.9 Å². The van der Waals surface area contributed by atoms with Gasteiger partial charge < -0.3 is 14.2 Å². The molecule has 0 atom stereocenters. The summed E-state index contributed by atoms with van der Waals surface area (Å²) < 4.78 is 17.3. The molecule has 6 nitrogen and oxygen atoms in total. The van der Waals surface area contributed by atoms with E-state index < -0.39 is 0 Å². The van der Waals surface area contributed by atoms with E-state index in [-0.39, 0.29) is 12.3 Å². The van der Waals surface area contributed by atoms with Gasteiger partial charge in [-0.1, -0.05) is 41.1 Å². The van der Waals surface area contributed by atoms with E-state index in [0.29, 0.717) is 33.1 Å². The molecule has 0 aliphatic heterocycles. The normalized spacial score (nSPS) is 10.8. The number of halogens is 1. The molecule has 4 aromatic rings. The fraction of sp³-hybridized carbons (Fsp3) is 0.200. The minimum absolute atomic E-state index is 0.0958. The van der Waals surface area contributed by atoms with E-state index in [9.17, 15) is 4.79 Å². The second-order valence-electron chi connectivity index (χ2n) is 7.29. The molecule has 1 amide bonds. The third-order valence-corrected chi connectivity index (χ3v) is 6.71. The molecular formula is C25H23ClN2O4S. The molecule has 0 saturated carbocycles. The summed E-state index contributed by atoms with van der Waals surface area (Å²) in [6, 6.07) is 16.9. The van der Waals surface area contributed by atoms with Gasteiger partial charge in [0, 0.05) is 5.02 Å². The third kappa shape index (κ3) is 4.47. The largest absolute Gasteiger partial charge is 0.493 e. The summed E-state index contributed by atoms with van der Waals surface area (Å²) >= 11 is 7.86. The molecule has 0 spiro atoms. The Balaban J connectivity index is 1.79. The van der Waals surface area contributed by atoms with Gasteiger partial charge in [-0.05, 0) is 54.4 Å². The maximum atomic E-state index is 13.7.